The molecule has 0 aromatic heterocycles. The van der Waals surface area contributed by atoms with Crippen molar-refractivity contribution < 1.29 is 27.9 Å². The first-order valence-corrected chi connectivity index (χ1v) is 28.4. The first kappa shape index (κ1) is 58.3. The average molecular weight is 975 g/mol. The Balaban J connectivity index is 0.000000630. The van der Waals surface area contributed by atoms with Crippen LogP contribution in [0.3, 0.4) is 0 Å². The van der Waals surface area contributed by atoms with Gasteiger partial charge in [0.25, 0.3) is 0 Å². The van der Waals surface area contributed by atoms with Gasteiger partial charge in [-0.2, -0.15) is 5.26 Å². The lowest BCUT2D eigenvalue weighted by atomic mass is 9.95. The Morgan fingerprint density at radius 3 is 1.11 bits per heavy atom. The van der Waals surface area contributed by atoms with Crippen LogP contribution in [0.15, 0.2) is 53.0 Å². The Labute approximate surface area is 395 Å². The minimum absolute atomic E-state index is 0.0958. The molecule has 0 heterocycles. The van der Waals surface area contributed by atoms with Crippen LogP contribution in [-0.2, 0) is 18.3 Å². The summed E-state index contributed by atoms with van der Waals surface area (Å²) < 4.78 is 25.8. The van der Waals surface area contributed by atoms with Crippen molar-refractivity contribution >= 4 is 44.8 Å². The van der Waals surface area contributed by atoms with Crippen LogP contribution >= 0.6 is 15.9 Å². The van der Waals surface area contributed by atoms with E-state index in [1.54, 1.807) is 16.8 Å². The fourth-order valence-corrected chi connectivity index (χ4v) is 20.7. The van der Waals surface area contributed by atoms with Gasteiger partial charge in [-0.05, 0) is 123 Å². The molecule has 0 saturated carbocycles. The molecule has 0 aliphatic rings. The molecule has 12 heteroatoms. The first-order chi connectivity index (χ1) is 28.9. The van der Waals surface area contributed by atoms with Gasteiger partial charge in [-0.1, -0.05) is 123 Å². The fraction of sp³-hybridized carbons (Fsp3) is 0.706. The van der Waals surface area contributed by atoms with Gasteiger partial charge >= 0.3 is 12.2 Å². The number of halogens is 1. The summed E-state index contributed by atoms with van der Waals surface area (Å²) in [5, 5.41) is 9.15. The van der Waals surface area contributed by atoms with Crippen LogP contribution in [-0.4, -0.2) is 90.2 Å². The van der Waals surface area contributed by atoms with Gasteiger partial charge in [-0.3, -0.25) is 0 Å². The molecule has 0 fully saturated rings. The lowest BCUT2D eigenvalue weighted by molar-refractivity contribution is 0.0274. The predicted molar refractivity (Wildman–Crippen MR) is 272 cm³/mol. The van der Waals surface area contributed by atoms with Gasteiger partial charge in [0, 0.05) is 56.7 Å². The van der Waals surface area contributed by atoms with Crippen LogP contribution in [0.2, 0.25) is 33.2 Å². The number of hydrogen-bond acceptors (Lipinski definition) is 7. The van der Waals surface area contributed by atoms with E-state index in [-0.39, 0.29) is 24.0 Å². The zero-order valence-corrected chi connectivity index (χ0v) is 46.7. The van der Waals surface area contributed by atoms with Gasteiger partial charge in [0.05, 0.1) is 11.6 Å². The number of nitriles is 1. The van der Waals surface area contributed by atoms with Crippen LogP contribution in [0.1, 0.15) is 166 Å². The van der Waals surface area contributed by atoms with Gasteiger partial charge in [0.15, 0.2) is 16.6 Å². The monoisotopic (exact) mass is 974 g/mol. The van der Waals surface area contributed by atoms with E-state index in [0.717, 1.165) is 22.9 Å². The van der Waals surface area contributed by atoms with E-state index in [4.69, 9.17) is 23.6 Å². The van der Waals surface area contributed by atoms with Crippen molar-refractivity contribution in [3.63, 3.8) is 0 Å². The maximum Gasteiger partial charge on any atom is 0.410 e. The molecule has 2 aromatic carbocycles. The molecule has 9 nitrogen and oxygen atoms in total. The Bertz CT molecular complexity index is 1650. The molecular weight excluding hydrogens is 887 g/mol. The van der Waals surface area contributed by atoms with Gasteiger partial charge in [0.1, 0.15) is 11.2 Å². The zero-order valence-electron chi connectivity index (χ0n) is 43.1. The number of nitrogens with zero attached hydrogens (tertiary/aromatic N) is 3. The summed E-state index contributed by atoms with van der Waals surface area (Å²) in [6.45, 7) is 41.4. The summed E-state index contributed by atoms with van der Waals surface area (Å²) in [5.41, 5.74) is 5.18. The summed E-state index contributed by atoms with van der Waals surface area (Å²) in [7, 11) is -0.268. The van der Waals surface area contributed by atoms with Crippen LogP contribution < -0.4 is 0 Å². The van der Waals surface area contributed by atoms with E-state index in [1.807, 2.05) is 72.9 Å². The van der Waals surface area contributed by atoms with E-state index < -0.39 is 27.8 Å². The molecule has 0 aliphatic carbocycles. The highest BCUT2D eigenvalue weighted by Gasteiger charge is 2.46. The van der Waals surface area contributed by atoms with Crippen molar-refractivity contribution in [1.82, 2.24) is 9.80 Å². The Kier molecular flexibility index (Phi) is 23.9. The second-order valence-corrected chi connectivity index (χ2v) is 33.1. The number of carbonyl (C=O) groups excluding carboxylic acids is 2. The number of carbonyl (C=O) groups is 2. The molecule has 2 aromatic rings. The topological polar surface area (TPSA) is 101 Å². The third kappa shape index (κ3) is 18.2. The fourth-order valence-electron chi connectivity index (χ4n) is 9.54. The van der Waals surface area contributed by atoms with E-state index in [9.17, 15) is 9.59 Å². The van der Waals surface area contributed by atoms with Crippen molar-refractivity contribution in [3.8, 4) is 6.07 Å². The Morgan fingerprint density at radius 2 is 0.857 bits per heavy atom. The molecule has 0 radical (unpaired) electrons. The maximum absolute atomic E-state index is 12.6. The number of hydrogen-bond donors (Lipinski definition) is 0. The third-order valence-electron chi connectivity index (χ3n) is 12.3. The number of amides is 2. The number of rotatable bonds is 20. The second kappa shape index (κ2) is 25.9. The highest BCUT2D eigenvalue weighted by atomic mass is 79.9. The zero-order chi connectivity index (χ0) is 48.7. The van der Waals surface area contributed by atoms with E-state index in [1.165, 1.54) is 5.56 Å². The van der Waals surface area contributed by atoms with Crippen molar-refractivity contribution in [2.45, 2.75) is 194 Å². The largest absolute Gasteiger partial charge is 0.444 e. The van der Waals surface area contributed by atoms with Gasteiger partial charge < -0.3 is 28.1 Å². The molecule has 0 N–H and O–H groups in total. The average Bonchev–Trinajstić information content (AvgIpc) is 3.15. The minimum Gasteiger partial charge on any atom is -0.444 e. The Morgan fingerprint density at radius 1 is 0.571 bits per heavy atom. The van der Waals surface area contributed by atoms with E-state index >= 15 is 0 Å². The molecule has 63 heavy (non-hydrogen) atoms. The van der Waals surface area contributed by atoms with Crippen molar-refractivity contribution in [3.05, 3.63) is 69.7 Å². The van der Waals surface area contributed by atoms with Crippen molar-refractivity contribution in [1.29, 1.82) is 5.26 Å². The lowest BCUT2D eigenvalue weighted by Gasteiger charge is -2.42. The van der Waals surface area contributed by atoms with E-state index in [0.29, 0.717) is 65.1 Å². The van der Waals surface area contributed by atoms with Gasteiger partial charge in [-0.25, -0.2) is 9.59 Å². The van der Waals surface area contributed by atoms with Crippen LogP contribution in [0.4, 0.5) is 9.59 Å². The number of benzene rings is 2. The van der Waals surface area contributed by atoms with Crippen LogP contribution in [0, 0.1) is 11.3 Å². The molecule has 358 valence electrons. The maximum atomic E-state index is 12.6. The molecule has 0 aliphatic heterocycles. The second-order valence-electron chi connectivity index (χ2n) is 21.3. The quantitative estimate of drug-likeness (QED) is 0.122. The lowest BCUT2D eigenvalue weighted by Crippen LogP contribution is -2.48. The van der Waals surface area contributed by atoms with E-state index in [2.05, 4.69) is 129 Å². The first-order valence-electron chi connectivity index (χ1n) is 23.4. The van der Waals surface area contributed by atoms with Gasteiger partial charge in [0.2, 0.25) is 0 Å². The van der Waals surface area contributed by atoms with Crippen LogP contribution in [0.25, 0.3) is 0 Å². The molecule has 0 spiro atoms. The van der Waals surface area contributed by atoms with Crippen molar-refractivity contribution in [2.24, 2.45) is 0 Å². The summed E-state index contributed by atoms with van der Waals surface area (Å²) in [4.78, 5) is 28.5. The highest BCUT2D eigenvalue weighted by Crippen LogP contribution is 2.44. The molecule has 2 amide bonds. The SMILES string of the molecule is CC(C)[Si](OCCC(CN(C)C(=O)OC(C)(C)C)c1ccc(Br)cc1)(C(C)C)C(C)C.CC(C)[Si](OCCC(CN(C)C(=O)OC(C)(C)C)c1ccc(C#N)cc1)(C(C)C)C(C)C. The molecule has 2 unspecified atom stereocenters. The standard InChI is InChI=1S/C26H44N2O3Si.C25H44BrNO3Si/c1-19(2)32(20(3)4,21(5)6)30-16-15-24(23-13-11-22(17-27)12-14-23)18-28(10)25(29)31-26(7,8)9;1-18(2)31(19(3)4,20(5)6)29-16-15-22(21-11-13-23(26)14-12-21)17-27(10)24(28)30-25(7,8)9/h11-14,19-21,24H,15-16,18H2,1-10H3;11-14,18-20,22H,15-17H2,1-10H3. The molecule has 0 bridgehead atoms. The molecular formula is C51H88BrN3O6Si2. The molecule has 2 rings (SSSR count). The van der Waals surface area contributed by atoms with Crippen LogP contribution in [0.5, 0.6) is 0 Å². The molecule has 0 saturated heterocycles. The summed E-state index contributed by atoms with van der Waals surface area (Å²) in [6.07, 6.45) is 1.06. The summed E-state index contributed by atoms with van der Waals surface area (Å²) in [5.74, 6) is 0.280. The van der Waals surface area contributed by atoms with Crippen molar-refractivity contribution in [2.75, 3.05) is 40.4 Å². The third-order valence-corrected chi connectivity index (χ3v) is 25.1. The van der Waals surface area contributed by atoms with Gasteiger partial charge in [-0.15, -0.1) is 0 Å². The summed E-state index contributed by atoms with van der Waals surface area (Å²) in [6, 6.07) is 18.2. The summed E-state index contributed by atoms with van der Waals surface area (Å²) >= 11 is 3.52. The number of likely N-dealkylation sites (N-methyl/N-ethyl adjacent to an activating group) is 2. The predicted octanol–water partition coefficient (Wildman–Crippen LogP) is 15.1. The minimum atomic E-state index is -1.95. The highest BCUT2D eigenvalue weighted by molar-refractivity contribution is 9.10. The molecule has 2 atom stereocenters. The number of ether oxygens (including phenoxy) is 2. The normalized spacial score (nSPS) is 13.6. The smallest absolute Gasteiger partial charge is 0.410 e. The Hall–Kier alpha value is -2.70.